The molecule has 1 aliphatic heterocycles. The highest BCUT2D eigenvalue weighted by Crippen LogP contribution is 2.38. The van der Waals surface area contributed by atoms with Gasteiger partial charge in [0.2, 0.25) is 12.7 Å². The minimum atomic E-state index is -4.66. The molecule has 14 heteroatoms. The van der Waals surface area contributed by atoms with E-state index >= 15 is 4.39 Å². The van der Waals surface area contributed by atoms with Gasteiger partial charge in [-0.25, -0.2) is 26.6 Å². The van der Waals surface area contributed by atoms with Gasteiger partial charge in [0, 0.05) is 62.1 Å². The lowest BCUT2D eigenvalue weighted by atomic mass is 10.0. The van der Waals surface area contributed by atoms with Crippen molar-refractivity contribution in [3.05, 3.63) is 77.9 Å². The van der Waals surface area contributed by atoms with Gasteiger partial charge < -0.3 is 19.9 Å². The molecule has 228 valence electrons. The van der Waals surface area contributed by atoms with Crippen molar-refractivity contribution in [2.45, 2.75) is 36.5 Å². The lowest BCUT2D eigenvalue weighted by Crippen LogP contribution is -2.20. The Bertz CT molecular complexity index is 1710. The smallest absolute Gasteiger partial charge is 0.262 e. The number of rotatable bonds is 10. The number of nitrogen functional groups attached to an aromatic ring is 1. The molecule has 2 aromatic heterocycles. The van der Waals surface area contributed by atoms with Crippen molar-refractivity contribution in [3.8, 4) is 22.4 Å². The summed E-state index contributed by atoms with van der Waals surface area (Å²) in [6, 6.07) is 10.7. The summed E-state index contributed by atoms with van der Waals surface area (Å²) < 4.78 is 90.9. The highest BCUT2D eigenvalue weighted by atomic mass is 32.2. The van der Waals surface area contributed by atoms with Gasteiger partial charge in [-0.15, -0.1) is 0 Å². The van der Waals surface area contributed by atoms with Gasteiger partial charge in [-0.2, -0.15) is 5.10 Å². The zero-order valence-electron chi connectivity index (χ0n) is 23.3. The highest BCUT2D eigenvalue weighted by molar-refractivity contribution is 7.92. The molecule has 4 aromatic rings. The van der Waals surface area contributed by atoms with E-state index in [0.29, 0.717) is 37.2 Å². The van der Waals surface area contributed by atoms with Crippen LogP contribution in [-0.2, 0) is 24.2 Å². The molecule has 0 spiro atoms. The fourth-order valence-electron chi connectivity index (χ4n) is 4.92. The topological polar surface area (TPSA) is 131 Å². The second kappa shape index (κ2) is 12.7. The number of benzene rings is 2. The number of pyridine rings is 1. The first-order valence-corrected chi connectivity index (χ1v) is 14.8. The molecule has 0 amide bonds. The number of alkyl halides is 2. The number of hydrogen-bond acceptors (Lipinski definition) is 8. The van der Waals surface area contributed by atoms with Crippen LogP contribution in [0.15, 0.2) is 65.8 Å². The molecule has 2 atom stereocenters. The lowest BCUT2D eigenvalue weighted by Gasteiger charge is -2.22. The molecule has 1 saturated heterocycles. The molecule has 43 heavy (non-hydrogen) atoms. The average molecular weight is 618 g/mol. The summed E-state index contributed by atoms with van der Waals surface area (Å²) in [5.74, 6) is -0.665. The molecule has 1 aliphatic rings. The second-order valence-electron chi connectivity index (χ2n) is 9.86. The molecule has 0 radical (unpaired) electrons. The lowest BCUT2D eigenvalue weighted by molar-refractivity contribution is -0.0113. The fraction of sp³-hybridized carbons (Fsp3) is 0.310. The van der Waals surface area contributed by atoms with Crippen LogP contribution in [0, 0.1) is 5.82 Å². The van der Waals surface area contributed by atoms with Crippen LogP contribution >= 0.6 is 0 Å². The van der Waals surface area contributed by atoms with Gasteiger partial charge in [0.05, 0.1) is 16.6 Å². The summed E-state index contributed by atoms with van der Waals surface area (Å²) >= 11 is 0. The highest BCUT2D eigenvalue weighted by Gasteiger charge is 2.28. The van der Waals surface area contributed by atoms with Gasteiger partial charge in [0.1, 0.15) is 11.5 Å². The molecular formula is C29H30F3N5O5S. The number of nitrogens with one attached hydrogen (secondary N) is 1. The number of nitrogens with two attached hydrogens (primary N) is 1. The summed E-state index contributed by atoms with van der Waals surface area (Å²) in [5, 5.41) is 4.72. The van der Waals surface area contributed by atoms with Crippen LogP contribution in [0.3, 0.4) is 0 Å². The van der Waals surface area contributed by atoms with Gasteiger partial charge in [0.25, 0.3) is 10.0 Å². The molecule has 0 bridgehead atoms. The van der Waals surface area contributed by atoms with Crippen LogP contribution in [0.1, 0.15) is 42.7 Å². The first-order valence-electron chi connectivity index (χ1n) is 13.3. The number of sulfonamides is 1. The number of aromatic nitrogens is 3. The van der Waals surface area contributed by atoms with E-state index in [1.54, 1.807) is 23.0 Å². The monoisotopic (exact) mass is 617 g/mol. The minimum absolute atomic E-state index is 0.00818. The maximum absolute atomic E-state index is 16.2. The van der Waals surface area contributed by atoms with E-state index in [0.717, 1.165) is 26.4 Å². The molecule has 0 saturated carbocycles. The van der Waals surface area contributed by atoms with E-state index in [2.05, 4.69) is 19.2 Å². The van der Waals surface area contributed by atoms with Crippen LogP contribution in [0.2, 0.25) is 0 Å². The van der Waals surface area contributed by atoms with Gasteiger partial charge in [-0.3, -0.25) is 9.40 Å². The van der Waals surface area contributed by atoms with Gasteiger partial charge in [-0.05, 0) is 48.7 Å². The Morgan fingerprint density at radius 1 is 1.05 bits per heavy atom. The second-order valence-corrected chi connectivity index (χ2v) is 11.5. The maximum Gasteiger partial charge on any atom is 0.262 e. The van der Waals surface area contributed by atoms with Gasteiger partial charge in [0.15, 0.2) is 5.82 Å². The summed E-state index contributed by atoms with van der Waals surface area (Å²) in [7, 11) is -2.52. The molecular weight excluding hydrogens is 587 g/mol. The van der Waals surface area contributed by atoms with Crippen molar-refractivity contribution < 1.29 is 35.8 Å². The van der Waals surface area contributed by atoms with Gasteiger partial charge in [-0.1, -0.05) is 18.2 Å². The van der Waals surface area contributed by atoms with Crippen molar-refractivity contribution in [1.29, 1.82) is 0 Å². The van der Waals surface area contributed by atoms with Crippen molar-refractivity contribution in [3.63, 3.8) is 0 Å². The van der Waals surface area contributed by atoms with E-state index in [1.165, 1.54) is 30.5 Å². The Kier molecular flexibility index (Phi) is 9.01. The molecule has 0 aliphatic carbocycles. The maximum atomic E-state index is 16.2. The number of halogens is 3. The number of nitrogens with zero attached hydrogens (tertiary/aromatic N) is 3. The van der Waals surface area contributed by atoms with Crippen LogP contribution in [0.5, 0.6) is 0 Å². The number of methoxy groups -OCH3 is 2. The van der Waals surface area contributed by atoms with E-state index < -0.39 is 44.7 Å². The predicted octanol–water partition coefficient (Wildman–Crippen LogP) is 5.71. The SMILES string of the molecule is COC(F)c1ccc(C(F)OC)c(S(=O)(=O)Nc2cccc(-c3nn(C4CCOCC4)cc3-c3ccnc(N)c3)c2F)c1. The first-order chi connectivity index (χ1) is 20.6. The minimum Gasteiger partial charge on any atom is -0.384 e. The van der Waals surface area contributed by atoms with Crippen LogP contribution in [-0.4, -0.2) is 50.6 Å². The number of ether oxygens (including phenoxy) is 3. The van der Waals surface area contributed by atoms with Crippen LogP contribution < -0.4 is 10.5 Å². The molecule has 5 rings (SSSR count). The normalized spacial score (nSPS) is 15.7. The summed E-state index contributed by atoms with van der Waals surface area (Å²) in [5.41, 5.74) is 6.38. The first kappa shape index (κ1) is 30.5. The van der Waals surface area contributed by atoms with Gasteiger partial charge >= 0.3 is 0 Å². The van der Waals surface area contributed by atoms with Crippen molar-refractivity contribution >= 4 is 21.5 Å². The molecule has 2 unspecified atom stereocenters. The molecule has 3 heterocycles. The third-order valence-corrected chi connectivity index (χ3v) is 8.56. The van der Waals surface area contributed by atoms with Crippen molar-refractivity contribution in [1.82, 2.24) is 14.8 Å². The Morgan fingerprint density at radius 2 is 1.79 bits per heavy atom. The van der Waals surface area contributed by atoms with E-state index in [9.17, 15) is 17.2 Å². The fourth-order valence-corrected chi connectivity index (χ4v) is 6.24. The van der Waals surface area contributed by atoms with Crippen LogP contribution in [0.25, 0.3) is 22.4 Å². The zero-order valence-corrected chi connectivity index (χ0v) is 24.2. The quantitative estimate of drug-likeness (QED) is 0.231. The number of hydrogen-bond donors (Lipinski definition) is 2. The molecule has 10 nitrogen and oxygen atoms in total. The van der Waals surface area contributed by atoms with E-state index in [1.807, 2.05) is 0 Å². The standard InChI is InChI=1S/C29H30F3N5O5S/c1-40-28(31)18-6-7-20(29(32)41-2)24(14-18)43(38,39)36-23-5-3-4-21(26(23)30)27-22(17-8-11-34-25(33)15-17)16-37(35-27)19-9-12-42-13-10-19/h3-8,11,14-16,19,28-29,36H,9-10,12-13H2,1-2H3,(H2,33,34). The van der Waals surface area contributed by atoms with E-state index in [-0.39, 0.29) is 28.7 Å². The third kappa shape index (κ3) is 6.37. The molecule has 1 fully saturated rings. The molecule has 3 N–H and O–H groups in total. The Balaban J connectivity index is 1.59. The Hall–Kier alpha value is -3.98. The average Bonchev–Trinajstić information content (AvgIpc) is 3.47. The summed E-state index contributed by atoms with van der Waals surface area (Å²) in [6.07, 6.45) is 0.614. The predicted molar refractivity (Wildman–Crippen MR) is 153 cm³/mol. The largest absolute Gasteiger partial charge is 0.384 e. The van der Waals surface area contributed by atoms with E-state index in [4.69, 9.17) is 15.6 Å². The Labute approximate surface area is 246 Å². The number of anilines is 2. The van der Waals surface area contributed by atoms with Crippen LogP contribution in [0.4, 0.5) is 24.7 Å². The van der Waals surface area contributed by atoms with Crippen molar-refractivity contribution in [2.75, 3.05) is 37.9 Å². The molecule has 2 aromatic carbocycles. The Morgan fingerprint density at radius 3 is 2.49 bits per heavy atom. The zero-order chi connectivity index (χ0) is 30.7. The summed E-state index contributed by atoms with van der Waals surface area (Å²) in [4.78, 5) is 3.39. The van der Waals surface area contributed by atoms with Crippen molar-refractivity contribution in [2.24, 2.45) is 0 Å². The summed E-state index contributed by atoms with van der Waals surface area (Å²) in [6.45, 7) is 1.12. The third-order valence-electron chi connectivity index (χ3n) is 7.13.